The van der Waals surface area contributed by atoms with E-state index < -0.39 is 20.7 Å². The van der Waals surface area contributed by atoms with Crippen molar-refractivity contribution in [3.05, 3.63) is 29.3 Å². The monoisotopic (exact) mass is 307 g/mol. The number of hydrogen-bond acceptors (Lipinski definition) is 4. The number of aliphatic hydroxyl groups excluding tert-OH is 1. The van der Waals surface area contributed by atoms with Gasteiger partial charge in [-0.3, -0.25) is 4.79 Å². The molecule has 0 aliphatic carbocycles. The molecule has 1 fully saturated rings. The zero-order valence-electron chi connectivity index (χ0n) is 12.2. The van der Waals surface area contributed by atoms with Gasteiger partial charge in [0, 0.05) is 12.0 Å². The molecule has 1 aliphatic heterocycles. The van der Waals surface area contributed by atoms with E-state index in [1.165, 1.54) is 13.8 Å². The van der Waals surface area contributed by atoms with Crippen LogP contribution in [0.3, 0.4) is 0 Å². The smallest absolute Gasteiger partial charge is 0.263 e. The van der Waals surface area contributed by atoms with Gasteiger partial charge >= 0.3 is 0 Å². The van der Waals surface area contributed by atoms with E-state index in [-0.39, 0.29) is 6.61 Å². The van der Waals surface area contributed by atoms with Crippen molar-refractivity contribution in [3.8, 4) is 11.8 Å². The number of aliphatic hydroxyl groups is 1. The van der Waals surface area contributed by atoms with Crippen LogP contribution in [0.15, 0.2) is 18.2 Å². The highest BCUT2D eigenvalue weighted by molar-refractivity contribution is 7.98. The SMILES string of the molecule is Cc1cc(C#CCCO)ccc1N1C(=O)C(C)(C)S1(=O)=O. The molecule has 6 heteroatoms. The van der Waals surface area contributed by atoms with Crippen LogP contribution >= 0.6 is 0 Å². The Balaban J connectivity index is 2.36. The molecule has 1 aromatic rings. The molecule has 5 nitrogen and oxygen atoms in total. The number of aryl methyl sites for hydroxylation is 1. The molecule has 1 saturated heterocycles. The Labute approximate surface area is 124 Å². The molecular formula is C15H17NO4S. The zero-order valence-corrected chi connectivity index (χ0v) is 13.0. The number of amides is 1. The molecule has 2 rings (SSSR count). The molecule has 1 aliphatic rings. The maximum Gasteiger partial charge on any atom is 0.263 e. The van der Waals surface area contributed by atoms with Crippen molar-refractivity contribution in [2.75, 3.05) is 10.9 Å². The third-order valence-corrected chi connectivity index (χ3v) is 5.78. The molecule has 0 radical (unpaired) electrons. The van der Waals surface area contributed by atoms with Gasteiger partial charge < -0.3 is 5.11 Å². The van der Waals surface area contributed by atoms with Gasteiger partial charge in [-0.1, -0.05) is 11.8 Å². The maximum atomic E-state index is 12.2. The zero-order chi connectivity index (χ0) is 15.8. The standard InChI is InChI=1S/C15H17NO4S/c1-11-10-12(6-4-5-9-17)7-8-13(11)16-14(18)15(2,3)21(16,19)20/h7-8,10,17H,5,9H2,1-3H3. The third kappa shape index (κ3) is 2.33. The van der Waals surface area contributed by atoms with E-state index in [1.807, 2.05) is 0 Å². The van der Waals surface area contributed by atoms with Gasteiger partial charge in [0.25, 0.3) is 15.9 Å². The summed E-state index contributed by atoms with van der Waals surface area (Å²) in [6, 6.07) is 4.98. The highest BCUT2D eigenvalue weighted by Gasteiger charge is 2.61. The average Bonchev–Trinajstić information content (AvgIpc) is 2.41. The number of anilines is 1. The van der Waals surface area contributed by atoms with Crippen molar-refractivity contribution in [1.82, 2.24) is 0 Å². The van der Waals surface area contributed by atoms with Crippen LogP contribution in [-0.4, -0.2) is 30.8 Å². The van der Waals surface area contributed by atoms with Crippen LogP contribution in [-0.2, 0) is 14.8 Å². The molecule has 0 atom stereocenters. The third-order valence-electron chi connectivity index (χ3n) is 3.47. The number of hydrogen-bond donors (Lipinski definition) is 1. The summed E-state index contributed by atoms with van der Waals surface area (Å²) in [7, 11) is -3.64. The van der Waals surface area contributed by atoms with Crippen molar-refractivity contribution < 1.29 is 18.3 Å². The lowest BCUT2D eigenvalue weighted by Gasteiger charge is -2.43. The number of rotatable bonds is 2. The summed E-state index contributed by atoms with van der Waals surface area (Å²) in [5.41, 5.74) is 1.75. The summed E-state index contributed by atoms with van der Waals surface area (Å²) in [6.45, 7) is 4.55. The Morgan fingerprint density at radius 1 is 1.33 bits per heavy atom. The summed E-state index contributed by atoms with van der Waals surface area (Å²) >= 11 is 0. The first-order valence-corrected chi connectivity index (χ1v) is 7.97. The van der Waals surface area contributed by atoms with E-state index in [1.54, 1.807) is 25.1 Å². The number of sulfonamides is 1. The van der Waals surface area contributed by atoms with Crippen LogP contribution in [0.1, 0.15) is 31.4 Å². The Morgan fingerprint density at radius 2 is 2.00 bits per heavy atom. The normalized spacial score (nSPS) is 18.7. The summed E-state index contributed by atoms with van der Waals surface area (Å²) < 4.78 is 23.9. The van der Waals surface area contributed by atoms with Gasteiger partial charge in [-0.05, 0) is 44.5 Å². The fraction of sp³-hybridized carbons (Fsp3) is 0.400. The molecule has 0 spiro atoms. The second kappa shape index (κ2) is 5.17. The minimum atomic E-state index is -3.64. The number of carbonyl (C=O) groups excluding carboxylic acids is 1. The van der Waals surface area contributed by atoms with Gasteiger partial charge in [-0.25, -0.2) is 12.7 Å². The lowest BCUT2D eigenvalue weighted by atomic mass is 10.1. The largest absolute Gasteiger partial charge is 0.395 e. The molecule has 0 bridgehead atoms. The Bertz CT molecular complexity index is 754. The molecular weight excluding hydrogens is 290 g/mol. The summed E-state index contributed by atoms with van der Waals surface area (Å²) in [5, 5.41) is 8.68. The molecule has 1 N–H and O–H groups in total. The second-order valence-corrected chi connectivity index (χ2v) is 7.70. The van der Waals surface area contributed by atoms with E-state index in [2.05, 4.69) is 11.8 Å². The van der Waals surface area contributed by atoms with Crippen molar-refractivity contribution in [1.29, 1.82) is 0 Å². The van der Waals surface area contributed by atoms with Crippen molar-refractivity contribution >= 4 is 21.6 Å². The van der Waals surface area contributed by atoms with Gasteiger partial charge in [0.2, 0.25) is 0 Å². The summed E-state index contributed by atoms with van der Waals surface area (Å²) in [4.78, 5) is 12.0. The first kappa shape index (κ1) is 15.5. The molecule has 21 heavy (non-hydrogen) atoms. The van der Waals surface area contributed by atoms with Gasteiger partial charge in [0.15, 0.2) is 4.75 Å². The van der Waals surface area contributed by atoms with E-state index in [0.717, 1.165) is 4.31 Å². The van der Waals surface area contributed by atoms with E-state index in [0.29, 0.717) is 23.2 Å². The topological polar surface area (TPSA) is 74.7 Å². The molecule has 112 valence electrons. The first-order valence-electron chi connectivity index (χ1n) is 6.53. The fourth-order valence-electron chi connectivity index (χ4n) is 2.07. The van der Waals surface area contributed by atoms with Crippen LogP contribution in [0.5, 0.6) is 0 Å². The second-order valence-electron chi connectivity index (χ2n) is 5.36. The van der Waals surface area contributed by atoms with Crippen LogP contribution in [0.2, 0.25) is 0 Å². The molecule has 0 aromatic heterocycles. The molecule has 0 saturated carbocycles. The van der Waals surface area contributed by atoms with Crippen LogP contribution in [0.4, 0.5) is 5.69 Å². The summed E-state index contributed by atoms with van der Waals surface area (Å²) in [5.74, 6) is 5.24. The van der Waals surface area contributed by atoms with E-state index in [4.69, 9.17) is 5.11 Å². The van der Waals surface area contributed by atoms with E-state index >= 15 is 0 Å². The van der Waals surface area contributed by atoms with Crippen LogP contribution in [0.25, 0.3) is 0 Å². The summed E-state index contributed by atoms with van der Waals surface area (Å²) in [6.07, 6.45) is 0.383. The number of benzene rings is 1. The number of carbonyl (C=O) groups is 1. The highest BCUT2D eigenvalue weighted by Crippen LogP contribution is 2.40. The highest BCUT2D eigenvalue weighted by atomic mass is 32.2. The quantitative estimate of drug-likeness (QED) is 0.833. The van der Waals surface area contributed by atoms with Crippen molar-refractivity contribution in [2.24, 2.45) is 0 Å². The lowest BCUT2D eigenvalue weighted by molar-refractivity contribution is -0.120. The van der Waals surface area contributed by atoms with Crippen LogP contribution in [0, 0.1) is 18.8 Å². The number of nitrogens with zero attached hydrogens (tertiary/aromatic N) is 1. The Morgan fingerprint density at radius 3 is 2.52 bits per heavy atom. The lowest BCUT2D eigenvalue weighted by Crippen LogP contribution is -2.67. The van der Waals surface area contributed by atoms with Crippen molar-refractivity contribution in [2.45, 2.75) is 31.9 Å². The molecule has 1 heterocycles. The molecule has 1 amide bonds. The van der Waals surface area contributed by atoms with Gasteiger partial charge in [0.1, 0.15) is 0 Å². The Hall–Kier alpha value is -1.84. The minimum absolute atomic E-state index is 0.000326. The predicted molar refractivity (Wildman–Crippen MR) is 80.2 cm³/mol. The molecule has 1 aromatic carbocycles. The first-order chi connectivity index (χ1) is 9.73. The van der Waals surface area contributed by atoms with Gasteiger partial charge in [-0.2, -0.15) is 0 Å². The van der Waals surface area contributed by atoms with Crippen molar-refractivity contribution in [3.63, 3.8) is 0 Å². The minimum Gasteiger partial charge on any atom is -0.395 e. The fourth-order valence-corrected chi connectivity index (χ4v) is 3.62. The van der Waals surface area contributed by atoms with Gasteiger partial charge in [0.05, 0.1) is 12.3 Å². The van der Waals surface area contributed by atoms with Crippen LogP contribution < -0.4 is 4.31 Å². The predicted octanol–water partition coefficient (Wildman–Crippen LogP) is 1.18. The Kier molecular flexibility index (Phi) is 3.83. The van der Waals surface area contributed by atoms with Gasteiger partial charge in [-0.15, -0.1) is 0 Å². The molecule has 0 unspecified atom stereocenters. The average molecular weight is 307 g/mol. The van der Waals surface area contributed by atoms with E-state index in [9.17, 15) is 13.2 Å². The maximum absolute atomic E-state index is 12.2.